The highest BCUT2D eigenvalue weighted by Crippen LogP contribution is 2.38. The van der Waals surface area contributed by atoms with E-state index in [0.717, 1.165) is 11.3 Å². The fourth-order valence-corrected chi connectivity index (χ4v) is 3.14. The fourth-order valence-electron chi connectivity index (χ4n) is 3.14. The average Bonchev–Trinajstić information content (AvgIpc) is 3.19. The van der Waals surface area contributed by atoms with Gasteiger partial charge in [0.25, 0.3) is 0 Å². The van der Waals surface area contributed by atoms with Crippen LogP contribution < -0.4 is 5.32 Å². The van der Waals surface area contributed by atoms with Crippen molar-refractivity contribution in [3.8, 4) is 0 Å². The minimum absolute atomic E-state index is 0.0407. The molecule has 24 heavy (non-hydrogen) atoms. The van der Waals surface area contributed by atoms with Crippen molar-refractivity contribution in [3.63, 3.8) is 0 Å². The Balaban J connectivity index is 1.79. The maximum Gasteiger partial charge on any atom is 0.226 e. The first kappa shape index (κ1) is 16.2. The van der Waals surface area contributed by atoms with Crippen LogP contribution in [-0.4, -0.2) is 38.5 Å². The SMILES string of the molecule is Cc1ocnc1CNC(=O)[C@H]1CC(=O)N(C)[C@@H]1c1cnn(C)c1C. The van der Waals surface area contributed by atoms with Crippen LogP contribution in [0.2, 0.25) is 0 Å². The van der Waals surface area contributed by atoms with Gasteiger partial charge in [-0.25, -0.2) is 4.98 Å². The Bertz CT molecular complexity index is 779. The molecule has 1 aliphatic rings. The Morgan fingerprint density at radius 1 is 1.42 bits per heavy atom. The molecule has 3 rings (SSSR count). The lowest BCUT2D eigenvalue weighted by molar-refractivity contribution is -0.128. The standard InChI is InChI=1S/C16H21N5O3/c1-9-12(6-19-21(9)4)15-11(5-14(22)20(15)3)16(23)17-7-13-10(2)24-8-18-13/h6,8,11,15H,5,7H2,1-4H3,(H,17,23)/t11-,15-/m0/s1. The predicted octanol–water partition coefficient (Wildman–Crippen LogP) is 0.861. The highest BCUT2D eigenvalue weighted by molar-refractivity contribution is 5.90. The normalized spacial score (nSPS) is 20.7. The van der Waals surface area contributed by atoms with E-state index in [9.17, 15) is 9.59 Å². The Hall–Kier alpha value is -2.64. The lowest BCUT2D eigenvalue weighted by Gasteiger charge is -2.24. The molecule has 2 atom stereocenters. The van der Waals surface area contributed by atoms with Gasteiger partial charge in [-0.05, 0) is 13.8 Å². The first-order valence-corrected chi connectivity index (χ1v) is 7.81. The Kier molecular flexibility index (Phi) is 4.13. The third-order valence-electron chi connectivity index (χ3n) is 4.79. The largest absolute Gasteiger partial charge is 0.448 e. The number of hydrogen-bond donors (Lipinski definition) is 1. The molecule has 1 fully saturated rings. The number of rotatable bonds is 4. The van der Waals surface area contributed by atoms with Gasteiger partial charge in [0.05, 0.1) is 24.7 Å². The molecule has 2 aromatic rings. The van der Waals surface area contributed by atoms with Crippen molar-refractivity contribution in [1.82, 2.24) is 25.0 Å². The van der Waals surface area contributed by atoms with Crippen molar-refractivity contribution in [2.45, 2.75) is 32.9 Å². The first-order chi connectivity index (χ1) is 11.4. The fraction of sp³-hybridized carbons (Fsp3) is 0.500. The predicted molar refractivity (Wildman–Crippen MR) is 84.6 cm³/mol. The summed E-state index contributed by atoms with van der Waals surface area (Å²) in [6.45, 7) is 4.02. The maximum atomic E-state index is 12.7. The second kappa shape index (κ2) is 6.10. The molecule has 0 radical (unpaired) electrons. The molecule has 1 N–H and O–H groups in total. The smallest absolute Gasteiger partial charge is 0.226 e. The molecule has 2 aromatic heterocycles. The second-order valence-corrected chi connectivity index (χ2v) is 6.14. The molecule has 0 bridgehead atoms. The number of amides is 2. The summed E-state index contributed by atoms with van der Waals surface area (Å²) in [6.07, 6.45) is 3.28. The third-order valence-corrected chi connectivity index (χ3v) is 4.79. The second-order valence-electron chi connectivity index (χ2n) is 6.14. The maximum absolute atomic E-state index is 12.7. The van der Waals surface area contributed by atoms with Crippen LogP contribution in [0, 0.1) is 19.8 Å². The van der Waals surface area contributed by atoms with Gasteiger partial charge in [0.15, 0.2) is 6.39 Å². The van der Waals surface area contributed by atoms with Gasteiger partial charge >= 0.3 is 0 Å². The molecule has 3 heterocycles. The van der Waals surface area contributed by atoms with Crippen LogP contribution >= 0.6 is 0 Å². The topological polar surface area (TPSA) is 93.3 Å². The minimum atomic E-state index is -0.447. The molecule has 8 nitrogen and oxygen atoms in total. The molecule has 0 aromatic carbocycles. The number of oxazole rings is 1. The third kappa shape index (κ3) is 2.68. The number of nitrogens with one attached hydrogen (secondary N) is 1. The van der Waals surface area contributed by atoms with Crippen LogP contribution in [-0.2, 0) is 23.2 Å². The van der Waals surface area contributed by atoms with Crippen LogP contribution in [0.4, 0.5) is 0 Å². The van der Waals surface area contributed by atoms with Crippen LogP contribution in [0.3, 0.4) is 0 Å². The van der Waals surface area contributed by atoms with Gasteiger partial charge in [-0.15, -0.1) is 0 Å². The zero-order valence-corrected chi connectivity index (χ0v) is 14.2. The van der Waals surface area contributed by atoms with E-state index >= 15 is 0 Å². The summed E-state index contributed by atoms with van der Waals surface area (Å²) in [7, 11) is 3.58. The molecule has 2 amide bonds. The Labute approximate surface area is 139 Å². The van der Waals surface area contributed by atoms with Crippen molar-refractivity contribution < 1.29 is 14.0 Å². The summed E-state index contributed by atoms with van der Waals surface area (Å²) in [5, 5.41) is 7.10. The van der Waals surface area contributed by atoms with Crippen molar-refractivity contribution in [1.29, 1.82) is 0 Å². The van der Waals surface area contributed by atoms with Crippen LogP contribution in [0.5, 0.6) is 0 Å². The van der Waals surface area contributed by atoms with Gasteiger partial charge in [-0.2, -0.15) is 5.10 Å². The quantitative estimate of drug-likeness (QED) is 0.897. The summed E-state index contributed by atoms with van der Waals surface area (Å²) in [5.74, 6) is 0.0246. The van der Waals surface area contributed by atoms with E-state index in [4.69, 9.17) is 4.42 Å². The highest BCUT2D eigenvalue weighted by atomic mass is 16.3. The lowest BCUT2D eigenvalue weighted by atomic mass is 9.93. The summed E-state index contributed by atoms with van der Waals surface area (Å²) >= 11 is 0. The molecule has 0 aliphatic carbocycles. The first-order valence-electron chi connectivity index (χ1n) is 7.81. The number of nitrogens with zero attached hydrogens (tertiary/aromatic N) is 4. The monoisotopic (exact) mass is 331 g/mol. The van der Waals surface area contributed by atoms with Gasteiger partial charge < -0.3 is 14.6 Å². The van der Waals surface area contributed by atoms with Crippen LogP contribution in [0.1, 0.15) is 35.2 Å². The molecule has 0 spiro atoms. The van der Waals surface area contributed by atoms with Crippen molar-refractivity contribution in [2.24, 2.45) is 13.0 Å². The number of aryl methyl sites for hydroxylation is 2. The number of carbonyl (C=O) groups is 2. The van der Waals surface area contributed by atoms with Gasteiger partial charge in [0.2, 0.25) is 11.8 Å². The average molecular weight is 331 g/mol. The number of hydrogen-bond acceptors (Lipinski definition) is 5. The molecule has 1 saturated heterocycles. The minimum Gasteiger partial charge on any atom is -0.448 e. The van der Waals surface area contributed by atoms with Crippen molar-refractivity contribution in [3.05, 3.63) is 35.3 Å². The molecule has 1 aliphatic heterocycles. The lowest BCUT2D eigenvalue weighted by Crippen LogP contribution is -2.34. The summed E-state index contributed by atoms with van der Waals surface area (Å²) in [6, 6.07) is -0.301. The van der Waals surface area contributed by atoms with E-state index < -0.39 is 5.92 Å². The van der Waals surface area contributed by atoms with Gasteiger partial charge in [-0.1, -0.05) is 0 Å². The summed E-state index contributed by atoms with van der Waals surface area (Å²) in [4.78, 5) is 30.5. The van der Waals surface area contributed by atoms with E-state index in [1.807, 2.05) is 14.0 Å². The van der Waals surface area contributed by atoms with Crippen LogP contribution in [0.15, 0.2) is 17.0 Å². The van der Waals surface area contributed by atoms with Crippen molar-refractivity contribution >= 4 is 11.8 Å². The molecule has 128 valence electrons. The van der Waals surface area contributed by atoms with Gasteiger partial charge in [-0.3, -0.25) is 14.3 Å². The molecular weight excluding hydrogens is 310 g/mol. The highest BCUT2D eigenvalue weighted by Gasteiger charge is 2.43. The molecule has 0 unspecified atom stereocenters. The molecule has 8 heteroatoms. The van der Waals surface area contributed by atoms with Crippen molar-refractivity contribution in [2.75, 3.05) is 7.05 Å². The van der Waals surface area contributed by atoms with E-state index in [-0.39, 0.29) is 30.8 Å². The van der Waals surface area contributed by atoms with Crippen LogP contribution in [0.25, 0.3) is 0 Å². The van der Waals surface area contributed by atoms with E-state index in [0.29, 0.717) is 11.5 Å². The summed E-state index contributed by atoms with van der Waals surface area (Å²) < 4.78 is 6.88. The zero-order chi connectivity index (χ0) is 17.4. The number of likely N-dealkylation sites (tertiary alicyclic amines) is 1. The molecular formula is C16H21N5O3. The van der Waals surface area contributed by atoms with Gasteiger partial charge in [0.1, 0.15) is 11.5 Å². The Morgan fingerprint density at radius 3 is 2.75 bits per heavy atom. The Morgan fingerprint density at radius 2 is 2.17 bits per heavy atom. The zero-order valence-electron chi connectivity index (χ0n) is 14.2. The van der Waals surface area contributed by atoms with Gasteiger partial charge in [0, 0.05) is 31.8 Å². The van der Waals surface area contributed by atoms with E-state index in [1.54, 1.807) is 29.7 Å². The van der Waals surface area contributed by atoms with E-state index in [2.05, 4.69) is 15.4 Å². The number of aromatic nitrogens is 3. The van der Waals surface area contributed by atoms with E-state index in [1.165, 1.54) is 6.39 Å². The molecule has 0 saturated carbocycles. The number of carbonyl (C=O) groups excluding carboxylic acids is 2. The summed E-state index contributed by atoms with van der Waals surface area (Å²) in [5.41, 5.74) is 2.55.